The number of alkyl halides is 3. The average Bonchev–Trinajstić information content (AvgIpc) is 2.72. The van der Waals surface area contributed by atoms with Crippen molar-refractivity contribution in [1.29, 1.82) is 0 Å². The number of carbonyl (C=O) groups is 1. The Bertz CT molecular complexity index is 844. The first-order valence-corrected chi connectivity index (χ1v) is 10.2. The quantitative estimate of drug-likeness (QED) is 0.699. The van der Waals surface area contributed by atoms with E-state index in [1.807, 2.05) is 19.1 Å². The van der Waals surface area contributed by atoms with Crippen LogP contribution in [-0.2, 0) is 11.0 Å². The van der Waals surface area contributed by atoms with Crippen molar-refractivity contribution in [3.05, 3.63) is 59.7 Å². The molecule has 0 aliphatic carbocycles. The van der Waals surface area contributed by atoms with Gasteiger partial charge >= 0.3 is 6.18 Å². The van der Waals surface area contributed by atoms with Gasteiger partial charge in [0.25, 0.3) is 5.91 Å². The summed E-state index contributed by atoms with van der Waals surface area (Å²) in [4.78, 5) is 14.5. The molecular weight excluding hydrogens is 393 g/mol. The lowest BCUT2D eigenvalue weighted by Gasteiger charge is -2.32. The maximum absolute atomic E-state index is 12.8. The highest BCUT2D eigenvalue weighted by atomic mass is 19.4. The molecule has 1 amide bonds. The van der Waals surface area contributed by atoms with E-state index in [-0.39, 0.29) is 18.4 Å². The molecule has 4 nitrogen and oxygen atoms in total. The molecule has 0 bridgehead atoms. The molecule has 0 unspecified atom stereocenters. The topological polar surface area (TPSA) is 41.6 Å². The van der Waals surface area contributed by atoms with Crippen LogP contribution in [0, 0.1) is 5.92 Å². The van der Waals surface area contributed by atoms with E-state index >= 15 is 0 Å². The van der Waals surface area contributed by atoms with Crippen LogP contribution < -0.4 is 15.0 Å². The van der Waals surface area contributed by atoms with Crippen LogP contribution in [0.15, 0.2) is 48.5 Å². The van der Waals surface area contributed by atoms with Crippen molar-refractivity contribution < 1.29 is 22.7 Å². The number of hydrogen-bond donors (Lipinski definition) is 1. The van der Waals surface area contributed by atoms with Gasteiger partial charge in [-0.15, -0.1) is 0 Å². The molecule has 1 aliphatic rings. The molecule has 1 atom stereocenters. The summed E-state index contributed by atoms with van der Waals surface area (Å²) in [6, 6.07) is 12.4. The Balaban J connectivity index is 1.51. The van der Waals surface area contributed by atoms with Gasteiger partial charge in [-0.25, -0.2) is 0 Å². The van der Waals surface area contributed by atoms with Gasteiger partial charge in [0, 0.05) is 18.8 Å². The zero-order chi connectivity index (χ0) is 21.7. The Labute approximate surface area is 175 Å². The summed E-state index contributed by atoms with van der Waals surface area (Å²) >= 11 is 0. The number of anilines is 1. The zero-order valence-electron chi connectivity index (χ0n) is 17.2. The minimum atomic E-state index is -4.45. The smallest absolute Gasteiger partial charge is 0.416 e. The lowest BCUT2D eigenvalue weighted by molar-refractivity contribution is -0.137. The Kier molecular flexibility index (Phi) is 6.90. The molecular formula is C23H27F3N2O2. The summed E-state index contributed by atoms with van der Waals surface area (Å²) in [6.07, 6.45) is -2.06. The predicted octanol–water partition coefficient (Wildman–Crippen LogP) is 5.20. The number of piperidine rings is 1. The summed E-state index contributed by atoms with van der Waals surface area (Å²) in [7, 11) is 0. The number of hydrogen-bond acceptors (Lipinski definition) is 3. The van der Waals surface area contributed by atoms with Gasteiger partial charge in [0.15, 0.2) is 6.61 Å². The van der Waals surface area contributed by atoms with Crippen molar-refractivity contribution in [2.45, 2.75) is 38.9 Å². The first-order valence-electron chi connectivity index (χ1n) is 10.2. The van der Waals surface area contributed by atoms with Crippen LogP contribution in [0.25, 0.3) is 0 Å². The summed E-state index contributed by atoms with van der Waals surface area (Å²) in [5.41, 5.74) is 1.32. The first-order chi connectivity index (χ1) is 14.2. The summed E-state index contributed by atoms with van der Waals surface area (Å²) in [5.74, 6) is 0.385. The fraction of sp³-hybridized carbons (Fsp3) is 0.435. The zero-order valence-corrected chi connectivity index (χ0v) is 17.2. The molecule has 0 saturated carbocycles. The van der Waals surface area contributed by atoms with Crippen LogP contribution in [0.5, 0.6) is 5.75 Å². The molecule has 2 aromatic rings. The van der Waals surface area contributed by atoms with Crippen LogP contribution >= 0.6 is 0 Å². The number of halogens is 3. The second-order valence-corrected chi connectivity index (χ2v) is 7.86. The maximum atomic E-state index is 12.8. The molecule has 3 rings (SSSR count). The largest absolute Gasteiger partial charge is 0.484 e. The summed E-state index contributed by atoms with van der Waals surface area (Å²) in [6.45, 7) is 5.90. The monoisotopic (exact) mass is 420 g/mol. The van der Waals surface area contributed by atoms with Gasteiger partial charge in [0.2, 0.25) is 0 Å². The molecule has 1 saturated heterocycles. The number of rotatable bonds is 6. The Morgan fingerprint density at radius 3 is 2.47 bits per heavy atom. The first kappa shape index (κ1) is 22.0. The molecule has 1 fully saturated rings. The lowest BCUT2D eigenvalue weighted by atomic mass is 9.98. The highest BCUT2D eigenvalue weighted by Crippen LogP contribution is 2.31. The van der Waals surface area contributed by atoms with Crippen molar-refractivity contribution in [1.82, 2.24) is 5.32 Å². The predicted molar refractivity (Wildman–Crippen MR) is 111 cm³/mol. The molecule has 2 aromatic carbocycles. The van der Waals surface area contributed by atoms with Crippen molar-refractivity contribution in [3.8, 4) is 5.75 Å². The van der Waals surface area contributed by atoms with Crippen molar-refractivity contribution in [2.24, 2.45) is 5.92 Å². The van der Waals surface area contributed by atoms with Gasteiger partial charge < -0.3 is 15.0 Å². The Morgan fingerprint density at radius 1 is 1.17 bits per heavy atom. The van der Waals surface area contributed by atoms with Crippen molar-refractivity contribution >= 4 is 11.6 Å². The molecule has 162 valence electrons. The van der Waals surface area contributed by atoms with Crippen LogP contribution in [-0.4, -0.2) is 25.6 Å². The number of nitrogens with one attached hydrogen (secondary N) is 1. The highest BCUT2D eigenvalue weighted by molar-refractivity contribution is 5.78. The number of carbonyl (C=O) groups excluding carboxylic acids is 1. The minimum absolute atomic E-state index is 0.00725. The summed E-state index contributed by atoms with van der Waals surface area (Å²) < 4.78 is 43.5. The van der Waals surface area contributed by atoms with E-state index < -0.39 is 17.6 Å². The van der Waals surface area contributed by atoms with Crippen molar-refractivity contribution in [3.63, 3.8) is 0 Å². The van der Waals surface area contributed by atoms with E-state index in [2.05, 4.69) is 29.3 Å². The Morgan fingerprint density at radius 2 is 1.83 bits per heavy atom. The lowest BCUT2D eigenvalue weighted by Crippen LogP contribution is -2.33. The van der Waals surface area contributed by atoms with E-state index in [4.69, 9.17) is 4.74 Å². The molecule has 1 heterocycles. The number of ether oxygens (including phenoxy) is 1. The minimum Gasteiger partial charge on any atom is -0.484 e. The second kappa shape index (κ2) is 9.41. The fourth-order valence-corrected chi connectivity index (χ4v) is 3.52. The third kappa shape index (κ3) is 5.90. The van der Waals surface area contributed by atoms with E-state index in [1.54, 1.807) is 0 Å². The van der Waals surface area contributed by atoms with Gasteiger partial charge in [0.1, 0.15) is 5.75 Å². The third-order valence-corrected chi connectivity index (χ3v) is 5.45. The van der Waals surface area contributed by atoms with Gasteiger partial charge in [-0.2, -0.15) is 13.2 Å². The molecule has 1 N–H and O–H groups in total. The molecule has 0 aromatic heterocycles. The van der Waals surface area contributed by atoms with E-state index in [0.29, 0.717) is 0 Å². The molecule has 0 spiro atoms. The SMILES string of the molecule is CC1CCN(c2ccc([C@@H](C)NC(=O)COc3cccc(C(F)(F)F)c3)cc2)CC1. The van der Waals surface area contributed by atoms with Crippen LogP contribution in [0.1, 0.15) is 43.9 Å². The van der Waals surface area contributed by atoms with Crippen molar-refractivity contribution in [2.75, 3.05) is 24.6 Å². The summed E-state index contributed by atoms with van der Waals surface area (Å²) in [5, 5.41) is 2.82. The van der Waals surface area contributed by atoms with Gasteiger partial charge in [-0.05, 0) is 61.6 Å². The Hall–Kier alpha value is -2.70. The average molecular weight is 420 g/mol. The molecule has 0 radical (unpaired) electrons. The molecule has 1 aliphatic heterocycles. The number of nitrogens with zero attached hydrogens (tertiary/aromatic N) is 1. The molecule has 30 heavy (non-hydrogen) atoms. The van der Waals surface area contributed by atoms with Gasteiger partial charge in [-0.1, -0.05) is 25.1 Å². The maximum Gasteiger partial charge on any atom is 0.416 e. The second-order valence-electron chi connectivity index (χ2n) is 7.86. The highest BCUT2D eigenvalue weighted by Gasteiger charge is 2.30. The fourth-order valence-electron chi connectivity index (χ4n) is 3.52. The van der Waals surface area contributed by atoms with E-state index in [1.165, 1.54) is 30.7 Å². The van der Waals surface area contributed by atoms with Crippen LogP contribution in [0.2, 0.25) is 0 Å². The molecule has 7 heteroatoms. The normalized spacial score (nSPS) is 16.2. The van der Waals surface area contributed by atoms with Gasteiger partial charge in [0.05, 0.1) is 11.6 Å². The van der Waals surface area contributed by atoms with E-state index in [9.17, 15) is 18.0 Å². The number of benzene rings is 2. The van der Waals surface area contributed by atoms with E-state index in [0.717, 1.165) is 36.7 Å². The van der Waals surface area contributed by atoms with Gasteiger partial charge in [-0.3, -0.25) is 4.79 Å². The third-order valence-electron chi connectivity index (χ3n) is 5.45. The van der Waals surface area contributed by atoms with Crippen LogP contribution in [0.4, 0.5) is 18.9 Å². The van der Waals surface area contributed by atoms with Crippen LogP contribution in [0.3, 0.4) is 0 Å². The number of amides is 1. The standard InChI is InChI=1S/C23H27F3N2O2/c1-16-10-12-28(13-11-16)20-8-6-18(7-9-20)17(2)27-22(29)15-30-21-5-3-4-19(14-21)23(24,25)26/h3-9,14,16-17H,10-13,15H2,1-2H3,(H,27,29)/t17-/m1/s1.